The zero-order chi connectivity index (χ0) is 15.5. The van der Waals surface area contributed by atoms with E-state index in [-0.39, 0.29) is 12.5 Å². The number of nitrogens with zero attached hydrogens (tertiary/aromatic N) is 4. The predicted octanol–water partition coefficient (Wildman–Crippen LogP) is 1.60. The predicted molar refractivity (Wildman–Crippen MR) is 81.7 cm³/mol. The molecule has 0 spiro atoms. The van der Waals surface area contributed by atoms with Crippen LogP contribution in [0.15, 0.2) is 29.1 Å². The lowest BCUT2D eigenvalue weighted by Crippen LogP contribution is -2.21. The van der Waals surface area contributed by atoms with Crippen molar-refractivity contribution in [3.63, 3.8) is 0 Å². The van der Waals surface area contributed by atoms with Crippen LogP contribution in [0, 0.1) is 19.8 Å². The molecule has 0 saturated heterocycles. The second kappa shape index (κ2) is 6.15. The fraction of sp³-hybridized carbons (Fsp3) is 0.400. The van der Waals surface area contributed by atoms with Crippen LogP contribution >= 0.6 is 0 Å². The molecular weight excluding hydrogens is 282 g/mol. The minimum atomic E-state index is 0.0574. The number of hydrogen-bond acceptors (Lipinski definition) is 6. The first kappa shape index (κ1) is 14.5. The fourth-order valence-electron chi connectivity index (χ4n) is 2.43. The van der Waals surface area contributed by atoms with Gasteiger partial charge in [-0.2, -0.15) is 9.61 Å². The highest BCUT2D eigenvalue weighted by atomic mass is 16.3. The van der Waals surface area contributed by atoms with Crippen LogP contribution < -0.4 is 5.32 Å². The molecule has 22 heavy (non-hydrogen) atoms. The van der Waals surface area contributed by atoms with Crippen LogP contribution in [-0.4, -0.2) is 38.1 Å². The van der Waals surface area contributed by atoms with Gasteiger partial charge in [0.1, 0.15) is 12.1 Å². The molecule has 0 radical (unpaired) electrons. The monoisotopic (exact) mass is 301 g/mol. The molecule has 0 amide bonds. The number of aryl methyl sites for hydroxylation is 1. The summed E-state index contributed by atoms with van der Waals surface area (Å²) in [7, 11) is 0. The quantitative estimate of drug-likeness (QED) is 0.719. The van der Waals surface area contributed by atoms with Gasteiger partial charge in [0.2, 0.25) is 5.65 Å². The molecule has 3 heterocycles. The highest BCUT2D eigenvalue weighted by Gasteiger charge is 2.15. The summed E-state index contributed by atoms with van der Waals surface area (Å²) in [4.78, 5) is 0. The van der Waals surface area contributed by atoms with Crippen LogP contribution in [-0.2, 0) is 6.42 Å². The molecule has 0 aliphatic carbocycles. The van der Waals surface area contributed by atoms with Crippen LogP contribution in [0.25, 0.3) is 5.65 Å². The van der Waals surface area contributed by atoms with Gasteiger partial charge in [0.15, 0.2) is 0 Å². The Labute approximate surface area is 128 Å². The summed E-state index contributed by atoms with van der Waals surface area (Å²) in [5.41, 5.74) is 3.55. The zero-order valence-corrected chi connectivity index (χ0v) is 12.7. The summed E-state index contributed by atoms with van der Waals surface area (Å²) in [5, 5.41) is 25.4. The highest BCUT2D eigenvalue weighted by molar-refractivity contribution is 5.71. The Hall–Kier alpha value is -2.41. The Balaban J connectivity index is 1.77. The first-order valence-corrected chi connectivity index (χ1v) is 7.23. The number of aliphatic hydroxyl groups excluding tert-OH is 1. The van der Waals surface area contributed by atoms with E-state index in [1.807, 2.05) is 26.0 Å². The third-order valence-electron chi connectivity index (χ3n) is 3.83. The van der Waals surface area contributed by atoms with Gasteiger partial charge < -0.3 is 14.8 Å². The van der Waals surface area contributed by atoms with Crippen molar-refractivity contribution in [2.24, 2.45) is 5.92 Å². The van der Waals surface area contributed by atoms with Crippen LogP contribution in [0.3, 0.4) is 0 Å². The van der Waals surface area contributed by atoms with Crippen LogP contribution in [0.1, 0.15) is 17.0 Å². The molecule has 1 atom stereocenters. The molecule has 1 unspecified atom stereocenters. The Morgan fingerprint density at radius 1 is 1.41 bits per heavy atom. The minimum Gasteiger partial charge on any atom is -0.469 e. The van der Waals surface area contributed by atoms with E-state index in [4.69, 9.17) is 4.42 Å². The maximum absolute atomic E-state index is 9.57. The van der Waals surface area contributed by atoms with Gasteiger partial charge in [0.05, 0.1) is 17.6 Å². The molecule has 3 rings (SSSR count). The van der Waals surface area contributed by atoms with Gasteiger partial charge in [-0.15, -0.1) is 10.2 Å². The lowest BCUT2D eigenvalue weighted by molar-refractivity contribution is 0.227. The van der Waals surface area contributed by atoms with Crippen molar-refractivity contribution in [2.75, 3.05) is 18.5 Å². The van der Waals surface area contributed by atoms with E-state index >= 15 is 0 Å². The molecule has 0 bridgehead atoms. The van der Waals surface area contributed by atoms with Crippen LogP contribution in [0.5, 0.6) is 0 Å². The average molecular weight is 301 g/mol. The van der Waals surface area contributed by atoms with Gasteiger partial charge in [-0.05, 0) is 31.5 Å². The van der Waals surface area contributed by atoms with E-state index in [1.165, 1.54) is 0 Å². The number of rotatable bonds is 6. The molecule has 2 N–H and O–H groups in total. The second-order valence-electron chi connectivity index (χ2n) is 5.40. The molecule has 7 heteroatoms. The summed E-state index contributed by atoms with van der Waals surface area (Å²) < 4.78 is 7.00. The molecule has 116 valence electrons. The summed E-state index contributed by atoms with van der Waals surface area (Å²) in [5.74, 6) is 0.929. The maximum Gasteiger partial charge on any atom is 0.200 e. The third kappa shape index (κ3) is 2.80. The van der Waals surface area contributed by atoms with Gasteiger partial charge in [0, 0.05) is 25.5 Å². The van der Waals surface area contributed by atoms with Crippen molar-refractivity contribution in [1.29, 1.82) is 0 Å². The van der Waals surface area contributed by atoms with Gasteiger partial charge in [-0.25, -0.2) is 0 Å². The van der Waals surface area contributed by atoms with Crippen molar-refractivity contribution in [2.45, 2.75) is 20.3 Å². The number of nitrogens with one attached hydrogen (secondary N) is 1. The molecule has 0 aliphatic rings. The topological polar surface area (TPSA) is 88.5 Å². The Bertz CT molecular complexity index is 751. The fourth-order valence-corrected chi connectivity index (χ4v) is 2.43. The molecule has 0 saturated carbocycles. The Kier molecular flexibility index (Phi) is 4.06. The maximum atomic E-state index is 9.57. The average Bonchev–Trinajstić information content (AvgIpc) is 3.17. The molecular formula is C15H19N5O2. The van der Waals surface area contributed by atoms with Crippen molar-refractivity contribution >= 4 is 11.3 Å². The van der Waals surface area contributed by atoms with E-state index < -0.39 is 0 Å². The smallest absolute Gasteiger partial charge is 0.200 e. The van der Waals surface area contributed by atoms with Crippen LogP contribution in [0.2, 0.25) is 0 Å². The van der Waals surface area contributed by atoms with Crippen molar-refractivity contribution in [1.82, 2.24) is 19.8 Å². The lowest BCUT2D eigenvalue weighted by atomic mass is 10.0. The highest BCUT2D eigenvalue weighted by Crippen LogP contribution is 2.22. The molecule has 0 aliphatic heterocycles. The van der Waals surface area contributed by atoms with Gasteiger partial charge >= 0.3 is 0 Å². The summed E-state index contributed by atoms with van der Waals surface area (Å²) >= 11 is 0. The summed E-state index contributed by atoms with van der Waals surface area (Å²) in [6.45, 7) is 4.65. The molecule has 3 aromatic rings. The third-order valence-corrected chi connectivity index (χ3v) is 3.83. The van der Waals surface area contributed by atoms with Crippen molar-refractivity contribution in [3.8, 4) is 0 Å². The van der Waals surface area contributed by atoms with Crippen molar-refractivity contribution in [3.05, 3.63) is 41.7 Å². The summed E-state index contributed by atoms with van der Waals surface area (Å²) in [6.07, 6.45) is 3.91. The Morgan fingerprint density at radius 2 is 2.27 bits per heavy atom. The number of furan rings is 1. The molecule has 3 aromatic heterocycles. The summed E-state index contributed by atoms with van der Waals surface area (Å²) in [6, 6.07) is 3.77. The van der Waals surface area contributed by atoms with Gasteiger partial charge in [0.25, 0.3) is 0 Å². The number of aromatic nitrogens is 4. The van der Waals surface area contributed by atoms with Crippen molar-refractivity contribution < 1.29 is 9.52 Å². The lowest BCUT2D eigenvalue weighted by Gasteiger charge is -2.17. The Morgan fingerprint density at radius 3 is 3.00 bits per heavy atom. The first-order valence-electron chi connectivity index (χ1n) is 7.23. The first-order chi connectivity index (χ1) is 10.7. The van der Waals surface area contributed by atoms with E-state index in [1.54, 1.807) is 17.1 Å². The van der Waals surface area contributed by atoms with Gasteiger partial charge in [-0.3, -0.25) is 0 Å². The number of anilines is 1. The number of aliphatic hydroxyl groups is 1. The van der Waals surface area contributed by atoms with Crippen LogP contribution in [0.4, 0.5) is 5.69 Å². The standard InChI is InChI=1S/C15H19N5O2/c1-10-11(2)19-20-9-17-18-15(20)14(10)16-7-12(8-21)6-13-4-3-5-22-13/h3-5,9,12,16,21H,6-8H2,1-2H3. The molecule has 0 aromatic carbocycles. The zero-order valence-electron chi connectivity index (χ0n) is 12.7. The number of fused-ring (bicyclic) bond motifs is 1. The SMILES string of the molecule is Cc1nn2cnnc2c(NCC(CO)Cc2ccco2)c1C. The van der Waals surface area contributed by atoms with Gasteiger partial charge in [-0.1, -0.05) is 0 Å². The molecule has 0 fully saturated rings. The van der Waals surface area contributed by atoms with E-state index in [0.717, 1.165) is 22.7 Å². The normalized spacial score (nSPS) is 12.7. The van der Waals surface area contributed by atoms with E-state index in [2.05, 4.69) is 20.6 Å². The van der Waals surface area contributed by atoms with E-state index in [9.17, 15) is 5.11 Å². The number of hydrogen-bond donors (Lipinski definition) is 2. The second-order valence-corrected chi connectivity index (χ2v) is 5.40. The minimum absolute atomic E-state index is 0.0574. The van der Waals surface area contributed by atoms with E-state index in [0.29, 0.717) is 18.6 Å². The molecule has 7 nitrogen and oxygen atoms in total. The largest absolute Gasteiger partial charge is 0.469 e.